The topological polar surface area (TPSA) is 103 Å². The van der Waals surface area contributed by atoms with Crippen LogP contribution in [0.2, 0.25) is 0 Å². The van der Waals surface area contributed by atoms with E-state index in [2.05, 4.69) is 10.0 Å². The van der Waals surface area contributed by atoms with E-state index in [-0.39, 0.29) is 17.0 Å². The summed E-state index contributed by atoms with van der Waals surface area (Å²) in [6.07, 6.45) is 0.710. The molecule has 0 unspecified atom stereocenters. The Bertz CT molecular complexity index is 735. The number of carbonyl (C=O) groups is 1. The number of hydrogen-bond acceptors (Lipinski definition) is 7. The minimum absolute atomic E-state index is 0.163. The normalized spacial score (nSPS) is 20.9. The Kier molecular flexibility index (Phi) is 8.23. The molecule has 1 saturated heterocycles. The van der Waals surface area contributed by atoms with Crippen molar-refractivity contribution in [2.45, 2.75) is 56.9 Å². The summed E-state index contributed by atoms with van der Waals surface area (Å²) in [5.41, 5.74) is 0. The number of benzene rings is 1. The second-order valence-corrected chi connectivity index (χ2v) is 8.99. The molecular weight excluding hydrogens is 384 g/mol. The fraction of sp³-hybridized carbons (Fsp3) is 0.632. The summed E-state index contributed by atoms with van der Waals surface area (Å²) >= 11 is 0. The third kappa shape index (κ3) is 6.73. The number of nitrogens with one attached hydrogen (secondary N) is 2. The molecule has 8 nitrogen and oxygen atoms in total. The highest BCUT2D eigenvalue weighted by Gasteiger charge is 2.31. The van der Waals surface area contributed by atoms with E-state index in [0.29, 0.717) is 37.7 Å². The maximum absolute atomic E-state index is 12.8. The van der Waals surface area contributed by atoms with Gasteiger partial charge >= 0.3 is 5.97 Å². The molecule has 9 heteroatoms. The Morgan fingerprint density at radius 2 is 1.96 bits per heavy atom. The minimum atomic E-state index is -3.67. The average Bonchev–Trinajstić information content (AvgIpc) is 3.05. The van der Waals surface area contributed by atoms with E-state index >= 15 is 0 Å². The molecule has 0 amide bonds. The van der Waals surface area contributed by atoms with Crippen molar-refractivity contribution in [2.75, 3.05) is 20.3 Å². The number of methoxy groups -OCH3 is 1. The van der Waals surface area contributed by atoms with Gasteiger partial charge in [-0.15, -0.1) is 0 Å². The molecule has 3 atom stereocenters. The number of esters is 1. The molecule has 158 valence electrons. The lowest BCUT2D eigenvalue weighted by Crippen LogP contribution is -2.48. The van der Waals surface area contributed by atoms with Gasteiger partial charge in [0.25, 0.3) is 0 Å². The zero-order valence-corrected chi connectivity index (χ0v) is 17.6. The molecule has 1 aromatic rings. The molecule has 2 N–H and O–H groups in total. The van der Waals surface area contributed by atoms with E-state index in [1.165, 1.54) is 26.2 Å². The minimum Gasteiger partial charge on any atom is -0.497 e. The summed E-state index contributed by atoms with van der Waals surface area (Å²) in [7, 11) is -2.14. The first-order valence-corrected chi connectivity index (χ1v) is 10.9. The van der Waals surface area contributed by atoms with Gasteiger partial charge in [-0.3, -0.25) is 4.79 Å². The predicted molar refractivity (Wildman–Crippen MR) is 104 cm³/mol. The van der Waals surface area contributed by atoms with Gasteiger partial charge in [0.15, 0.2) is 0 Å². The first-order chi connectivity index (χ1) is 13.2. The predicted octanol–water partition coefficient (Wildman–Crippen LogP) is 1.66. The molecule has 0 aliphatic carbocycles. The van der Waals surface area contributed by atoms with Crippen molar-refractivity contribution in [2.24, 2.45) is 5.92 Å². The van der Waals surface area contributed by atoms with Crippen LogP contribution in [0.25, 0.3) is 0 Å². The van der Waals surface area contributed by atoms with E-state index in [9.17, 15) is 13.2 Å². The van der Waals surface area contributed by atoms with Crippen LogP contribution in [0.3, 0.4) is 0 Å². The number of ether oxygens (including phenoxy) is 3. The van der Waals surface area contributed by atoms with Crippen LogP contribution in [0.5, 0.6) is 5.75 Å². The van der Waals surface area contributed by atoms with Crippen LogP contribution in [0.15, 0.2) is 29.2 Å². The van der Waals surface area contributed by atoms with Gasteiger partial charge in [0.1, 0.15) is 5.75 Å². The van der Waals surface area contributed by atoms with Gasteiger partial charge in [0, 0.05) is 19.5 Å². The molecule has 1 aliphatic rings. The molecule has 0 radical (unpaired) electrons. The summed E-state index contributed by atoms with van der Waals surface area (Å²) in [4.78, 5) is 11.4. The third-order valence-corrected chi connectivity index (χ3v) is 5.93. The Morgan fingerprint density at radius 3 is 2.54 bits per heavy atom. The fourth-order valence-electron chi connectivity index (χ4n) is 3.12. The van der Waals surface area contributed by atoms with E-state index in [1.54, 1.807) is 12.1 Å². The lowest BCUT2D eigenvalue weighted by Gasteiger charge is -2.25. The first-order valence-electron chi connectivity index (χ1n) is 9.40. The maximum atomic E-state index is 12.8. The molecule has 1 aromatic carbocycles. The number of carbonyl (C=O) groups excluding carboxylic acids is 1. The van der Waals surface area contributed by atoms with Crippen LogP contribution in [-0.2, 0) is 24.3 Å². The molecular formula is C19H30N2O6S. The third-order valence-electron chi connectivity index (χ3n) is 4.40. The summed E-state index contributed by atoms with van der Waals surface area (Å²) in [5.74, 6) is 0.490. The van der Waals surface area contributed by atoms with Crippen molar-refractivity contribution >= 4 is 16.0 Å². The van der Waals surface area contributed by atoms with E-state index in [1.807, 2.05) is 13.8 Å². The molecule has 1 aliphatic heterocycles. The fourth-order valence-corrected chi connectivity index (χ4v) is 4.37. The highest BCUT2D eigenvalue weighted by molar-refractivity contribution is 7.89. The smallest absolute Gasteiger partial charge is 0.304 e. The van der Waals surface area contributed by atoms with Gasteiger partial charge < -0.3 is 19.5 Å². The molecule has 0 spiro atoms. The molecule has 0 aromatic heterocycles. The van der Waals surface area contributed by atoms with E-state index < -0.39 is 22.3 Å². The number of rotatable bonds is 10. The monoisotopic (exact) mass is 414 g/mol. The number of sulfonamides is 1. The van der Waals surface area contributed by atoms with E-state index in [4.69, 9.17) is 14.2 Å². The largest absolute Gasteiger partial charge is 0.497 e. The molecule has 0 bridgehead atoms. The Hall–Kier alpha value is -1.68. The van der Waals surface area contributed by atoms with Crippen LogP contribution in [-0.4, -0.2) is 53.0 Å². The highest BCUT2D eigenvalue weighted by Crippen LogP contribution is 2.18. The zero-order chi connectivity index (χ0) is 20.7. The van der Waals surface area contributed by atoms with Crippen LogP contribution in [0, 0.1) is 5.92 Å². The quantitative estimate of drug-likeness (QED) is 0.561. The zero-order valence-electron chi connectivity index (χ0n) is 16.8. The van der Waals surface area contributed by atoms with Gasteiger partial charge in [-0.1, -0.05) is 13.8 Å². The van der Waals surface area contributed by atoms with E-state index in [0.717, 1.165) is 0 Å². The second kappa shape index (κ2) is 10.2. The lowest BCUT2D eigenvalue weighted by molar-refractivity contribution is -0.170. The SMILES string of the molecule is COc1ccc(S(=O)(=O)N[C@@H](CN[C@H]2CCO[C@H]2OC(C)=O)CC(C)C)cc1. The van der Waals surface area contributed by atoms with Crippen molar-refractivity contribution in [3.8, 4) is 5.75 Å². The molecule has 2 rings (SSSR count). The molecule has 0 saturated carbocycles. The first kappa shape index (κ1) is 22.6. The summed E-state index contributed by atoms with van der Waals surface area (Å²) in [6, 6.07) is 5.79. The van der Waals surface area contributed by atoms with Crippen molar-refractivity contribution in [3.63, 3.8) is 0 Å². The van der Waals surface area contributed by atoms with Crippen molar-refractivity contribution in [3.05, 3.63) is 24.3 Å². The molecule has 1 fully saturated rings. The van der Waals surface area contributed by atoms with Gasteiger partial charge in [0.2, 0.25) is 16.3 Å². The van der Waals surface area contributed by atoms with Gasteiger partial charge in [0.05, 0.1) is 24.7 Å². The Labute approximate surface area is 167 Å². The molecule has 1 heterocycles. The van der Waals surface area contributed by atoms with Gasteiger partial charge in [-0.25, -0.2) is 13.1 Å². The Balaban J connectivity index is 2.02. The van der Waals surface area contributed by atoms with Gasteiger partial charge in [-0.2, -0.15) is 0 Å². The van der Waals surface area contributed by atoms with Crippen LogP contribution >= 0.6 is 0 Å². The second-order valence-electron chi connectivity index (χ2n) is 7.28. The summed E-state index contributed by atoms with van der Waals surface area (Å²) in [6.45, 7) is 6.30. The van der Waals surface area contributed by atoms with Crippen LogP contribution in [0.4, 0.5) is 0 Å². The van der Waals surface area contributed by atoms with Crippen molar-refractivity contribution in [1.82, 2.24) is 10.0 Å². The van der Waals surface area contributed by atoms with Gasteiger partial charge in [-0.05, 0) is 43.0 Å². The standard InChI is InChI=1S/C19H30N2O6S/c1-13(2)11-15(12-20-18-9-10-26-19(18)27-14(3)22)21-28(23,24)17-7-5-16(25-4)6-8-17/h5-8,13,15,18-21H,9-12H2,1-4H3/t15-,18+,19+/m1/s1. The average molecular weight is 415 g/mol. The highest BCUT2D eigenvalue weighted by atomic mass is 32.2. The van der Waals surface area contributed by atoms with Crippen molar-refractivity contribution < 1.29 is 27.4 Å². The molecule has 28 heavy (non-hydrogen) atoms. The maximum Gasteiger partial charge on any atom is 0.304 e. The lowest BCUT2D eigenvalue weighted by atomic mass is 10.0. The van der Waals surface area contributed by atoms with Crippen LogP contribution < -0.4 is 14.8 Å². The Morgan fingerprint density at radius 1 is 1.29 bits per heavy atom. The number of hydrogen-bond donors (Lipinski definition) is 2. The summed E-state index contributed by atoms with van der Waals surface area (Å²) in [5, 5.41) is 3.29. The van der Waals surface area contributed by atoms with Crippen LogP contribution in [0.1, 0.15) is 33.6 Å². The summed E-state index contributed by atoms with van der Waals surface area (Å²) < 4.78 is 43.9. The van der Waals surface area contributed by atoms with Crippen molar-refractivity contribution in [1.29, 1.82) is 0 Å².